The monoisotopic (exact) mass is 474 g/mol. The molecular formula is C32H42O3. The average Bonchev–Trinajstić information content (AvgIpc) is 2.69. The van der Waals surface area contributed by atoms with Crippen LogP contribution in [0.5, 0.6) is 17.2 Å². The minimum absolute atomic E-state index is 0.0551. The molecule has 3 aromatic carbocycles. The Labute approximate surface area is 211 Å². The van der Waals surface area contributed by atoms with Gasteiger partial charge in [0, 0.05) is 33.4 Å². The molecule has 0 radical (unpaired) electrons. The van der Waals surface area contributed by atoms with E-state index in [1.165, 1.54) is 0 Å². The summed E-state index contributed by atoms with van der Waals surface area (Å²) in [6.07, 6.45) is 0. The van der Waals surface area contributed by atoms with Crippen LogP contribution in [0, 0.1) is 13.8 Å². The van der Waals surface area contributed by atoms with Crippen LogP contribution in [-0.2, 0) is 16.2 Å². The first-order chi connectivity index (χ1) is 15.8. The van der Waals surface area contributed by atoms with E-state index in [2.05, 4.69) is 62.3 Å². The predicted octanol–water partition coefficient (Wildman–Crippen LogP) is 8.65. The van der Waals surface area contributed by atoms with Crippen LogP contribution in [0.25, 0.3) is 22.3 Å². The number of hydrogen-bond acceptors (Lipinski definition) is 3. The first-order valence-corrected chi connectivity index (χ1v) is 12.4. The van der Waals surface area contributed by atoms with Crippen LogP contribution >= 0.6 is 0 Å². The van der Waals surface area contributed by atoms with Gasteiger partial charge < -0.3 is 15.3 Å². The van der Waals surface area contributed by atoms with Gasteiger partial charge in [0.1, 0.15) is 17.2 Å². The van der Waals surface area contributed by atoms with Gasteiger partial charge in [0.2, 0.25) is 0 Å². The van der Waals surface area contributed by atoms with E-state index in [0.29, 0.717) is 22.3 Å². The summed E-state index contributed by atoms with van der Waals surface area (Å²) in [7, 11) is 0. The zero-order chi connectivity index (χ0) is 26.7. The summed E-state index contributed by atoms with van der Waals surface area (Å²) in [5.41, 5.74) is 6.30. The van der Waals surface area contributed by atoms with Crippen LogP contribution in [0.3, 0.4) is 0 Å². The summed E-state index contributed by atoms with van der Waals surface area (Å²) >= 11 is 0. The quantitative estimate of drug-likeness (QED) is 0.348. The van der Waals surface area contributed by atoms with E-state index in [1.807, 2.05) is 50.2 Å². The van der Waals surface area contributed by atoms with Crippen LogP contribution in [0.1, 0.15) is 90.1 Å². The normalized spacial score (nSPS) is 12.8. The molecule has 0 aromatic heterocycles. The third kappa shape index (κ3) is 5.19. The topological polar surface area (TPSA) is 60.7 Å². The summed E-state index contributed by atoms with van der Waals surface area (Å²) in [5, 5.41) is 34.4. The van der Waals surface area contributed by atoms with Gasteiger partial charge in [-0.25, -0.2) is 0 Å². The van der Waals surface area contributed by atoms with Gasteiger partial charge in [-0.05, 0) is 71.0 Å². The van der Waals surface area contributed by atoms with Gasteiger partial charge in [0.05, 0.1) is 0 Å². The SMILES string of the molecule is Cc1cc(-c2cc(C(C)(C)C)cc(-c3cc(C)cc(C(C)(C)C)c3O)c2O)c(O)c(C(C)(C)C)c1. The number of phenolic OH excluding ortho intramolecular Hbond substituents is 3. The number of rotatable bonds is 2. The largest absolute Gasteiger partial charge is 0.507 e. The van der Waals surface area contributed by atoms with Gasteiger partial charge in [0.15, 0.2) is 0 Å². The maximum atomic E-state index is 11.7. The van der Waals surface area contributed by atoms with Crippen molar-refractivity contribution in [3.63, 3.8) is 0 Å². The standard InChI is InChI=1S/C32H42O3/c1-18-12-21(28(34)25(14-18)31(6,7)8)23-16-20(30(3,4)5)17-24(27(23)33)22-13-19(2)15-26(29(22)35)32(9,10)11/h12-17,33-35H,1-11H3. The Morgan fingerprint density at radius 3 is 1.03 bits per heavy atom. The minimum Gasteiger partial charge on any atom is -0.507 e. The first kappa shape index (κ1) is 26.7. The van der Waals surface area contributed by atoms with Crippen LogP contribution in [0.15, 0.2) is 36.4 Å². The summed E-state index contributed by atoms with van der Waals surface area (Å²) in [6, 6.07) is 11.8. The molecule has 3 nitrogen and oxygen atoms in total. The summed E-state index contributed by atoms with van der Waals surface area (Å²) in [4.78, 5) is 0. The van der Waals surface area contributed by atoms with Crippen molar-refractivity contribution in [2.24, 2.45) is 0 Å². The maximum absolute atomic E-state index is 11.7. The summed E-state index contributed by atoms with van der Waals surface area (Å²) in [5.74, 6) is 0.415. The van der Waals surface area contributed by atoms with Crippen LogP contribution in [-0.4, -0.2) is 15.3 Å². The number of benzene rings is 3. The molecule has 0 unspecified atom stereocenters. The van der Waals surface area contributed by atoms with Crippen molar-refractivity contribution in [3.8, 4) is 39.5 Å². The molecule has 3 heteroatoms. The first-order valence-electron chi connectivity index (χ1n) is 12.4. The third-order valence-corrected chi connectivity index (χ3v) is 6.68. The molecule has 0 aliphatic rings. The molecule has 0 aliphatic heterocycles. The zero-order valence-electron chi connectivity index (χ0n) is 23.3. The van der Waals surface area contributed by atoms with Crippen molar-refractivity contribution in [1.29, 1.82) is 0 Å². The average molecular weight is 475 g/mol. The van der Waals surface area contributed by atoms with Gasteiger partial charge in [-0.15, -0.1) is 0 Å². The van der Waals surface area contributed by atoms with Crippen molar-refractivity contribution >= 4 is 0 Å². The molecule has 0 bridgehead atoms. The van der Waals surface area contributed by atoms with Crippen molar-refractivity contribution in [2.75, 3.05) is 0 Å². The van der Waals surface area contributed by atoms with Gasteiger partial charge in [-0.1, -0.05) is 74.4 Å². The number of phenols is 3. The van der Waals surface area contributed by atoms with Gasteiger partial charge in [-0.3, -0.25) is 0 Å². The molecule has 0 atom stereocenters. The lowest BCUT2D eigenvalue weighted by molar-refractivity contribution is 0.445. The molecular weight excluding hydrogens is 432 g/mol. The van der Waals surface area contributed by atoms with Crippen LogP contribution < -0.4 is 0 Å². The number of hydrogen-bond donors (Lipinski definition) is 3. The van der Waals surface area contributed by atoms with E-state index < -0.39 is 0 Å². The molecule has 3 N–H and O–H groups in total. The van der Waals surface area contributed by atoms with Crippen molar-refractivity contribution in [2.45, 2.75) is 92.4 Å². The molecule has 3 rings (SSSR count). The Balaban J connectivity index is 2.47. The summed E-state index contributed by atoms with van der Waals surface area (Å²) < 4.78 is 0. The fourth-order valence-corrected chi connectivity index (χ4v) is 4.59. The smallest absolute Gasteiger partial charge is 0.131 e. The Morgan fingerprint density at radius 2 is 0.743 bits per heavy atom. The lowest BCUT2D eigenvalue weighted by Crippen LogP contribution is -2.13. The molecule has 3 aromatic rings. The Kier molecular flexibility index (Phi) is 6.57. The van der Waals surface area contributed by atoms with E-state index in [4.69, 9.17) is 0 Å². The molecule has 0 saturated carbocycles. The fourth-order valence-electron chi connectivity index (χ4n) is 4.59. The van der Waals surface area contributed by atoms with E-state index in [0.717, 1.165) is 27.8 Å². The highest BCUT2D eigenvalue weighted by atomic mass is 16.3. The van der Waals surface area contributed by atoms with Crippen LogP contribution in [0.4, 0.5) is 0 Å². The lowest BCUT2D eigenvalue weighted by Gasteiger charge is -2.27. The molecule has 188 valence electrons. The maximum Gasteiger partial charge on any atom is 0.131 e. The molecule has 0 saturated heterocycles. The third-order valence-electron chi connectivity index (χ3n) is 6.68. The van der Waals surface area contributed by atoms with Crippen molar-refractivity contribution < 1.29 is 15.3 Å². The van der Waals surface area contributed by atoms with Crippen molar-refractivity contribution in [3.05, 3.63) is 64.2 Å². The molecule has 35 heavy (non-hydrogen) atoms. The van der Waals surface area contributed by atoms with Gasteiger partial charge in [0.25, 0.3) is 0 Å². The second kappa shape index (κ2) is 8.62. The second-order valence-electron chi connectivity index (χ2n) is 13.1. The van der Waals surface area contributed by atoms with E-state index in [1.54, 1.807) is 0 Å². The molecule has 0 spiro atoms. The van der Waals surface area contributed by atoms with Gasteiger partial charge in [-0.2, -0.15) is 0 Å². The predicted molar refractivity (Wildman–Crippen MR) is 148 cm³/mol. The van der Waals surface area contributed by atoms with Crippen molar-refractivity contribution in [1.82, 2.24) is 0 Å². The van der Waals surface area contributed by atoms with Gasteiger partial charge >= 0.3 is 0 Å². The zero-order valence-corrected chi connectivity index (χ0v) is 23.3. The number of aromatic hydroxyl groups is 3. The Morgan fingerprint density at radius 1 is 0.429 bits per heavy atom. The molecule has 0 heterocycles. The Bertz CT molecular complexity index is 1190. The van der Waals surface area contributed by atoms with Crippen LogP contribution in [0.2, 0.25) is 0 Å². The highest BCUT2D eigenvalue weighted by Crippen LogP contribution is 2.49. The highest BCUT2D eigenvalue weighted by molar-refractivity contribution is 5.88. The second-order valence-corrected chi connectivity index (χ2v) is 13.1. The lowest BCUT2D eigenvalue weighted by atomic mass is 9.79. The molecule has 0 fully saturated rings. The minimum atomic E-state index is -0.263. The Hall–Kier alpha value is -2.94. The number of aryl methyl sites for hydroxylation is 2. The summed E-state index contributed by atoms with van der Waals surface area (Å²) in [6.45, 7) is 22.8. The highest BCUT2D eigenvalue weighted by Gasteiger charge is 2.28. The molecule has 0 amide bonds. The molecule has 0 aliphatic carbocycles. The van der Waals surface area contributed by atoms with E-state index >= 15 is 0 Å². The fraction of sp³-hybridized carbons (Fsp3) is 0.438. The van der Waals surface area contributed by atoms with E-state index in [-0.39, 0.29) is 33.5 Å². The van der Waals surface area contributed by atoms with E-state index in [9.17, 15) is 15.3 Å².